The van der Waals surface area contributed by atoms with Gasteiger partial charge in [0.2, 0.25) is 16.0 Å². The van der Waals surface area contributed by atoms with Crippen LogP contribution in [0, 0.1) is 6.92 Å². The van der Waals surface area contributed by atoms with Crippen LogP contribution in [0.3, 0.4) is 0 Å². The Hall–Kier alpha value is -2.19. The molecule has 7 nitrogen and oxygen atoms in total. The van der Waals surface area contributed by atoms with Crippen molar-refractivity contribution in [2.75, 3.05) is 17.2 Å². The third-order valence-corrected chi connectivity index (χ3v) is 5.69. The minimum atomic E-state index is -3.64. The lowest BCUT2D eigenvalue weighted by Crippen LogP contribution is -2.24. The Morgan fingerprint density at radius 3 is 2.48 bits per heavy atom. The molecule has 3 rings (SSSR count). The van der Waals surface area contributed by atoms with E-state index in [2.05, 4.69) is 20.6 Å². The Kier molecular flexibility index (Phi) is 6.28. The monoisotopic (exact) mass is 389 g/mol. The molecule has 0 amide bonds. The first kappa shape index (κ1) is 19.6. The maximum absolute atomic E-state index is 11.3. The molecule has 4 N–H and O–H groups in total. The summed E-state index contributed by atoms with van der Waals surface area (Å²) < 4.78 is 22.6. The maximum Gasteiger partial charge on any atom is 0.238 e. The molecule has 1 heterocycles. The molecule has 1 aromatic carbocycles. The van der Waals surface area contributed by atoms with Gasteiger partial charge in [0.1, 0.15) is 5.82 Å². The summed E-state index contributed by atoms with van der Waals surface area (Å²) in [5, 5.41) is 11.9. The molecular formula is C19H27N5O2S. The van der Waals surface area contributed by atoms with Crippen LogP contribution in [0.4, 0.5) is 11.8 Å². The highest BCUT2D eigenvalue weighted by Crippen LogP contribution is 2.21. The van der Waals surface area contributed by atoms with E-state index in [-0.39, 0.29) is 4.90 Å². The molecule has 0 unspecified atom stereocenters. The number of primary sulfonamides is 1. The average Bonchev–Trinajstić information content (AvgIpc) is 2.62. The van der Waals surface area contributed by atoms with Crippen LogP contribution in [0.1, 0.15) is 43.4 Å². The molecule has 0 saturated heterocycles. The molecule has 0 aliphatic heterocycles. The number of rotatable bonds is 7. The van der Waals surface area contributed by atoms with Crippen LogP contribution >= 0.6 is 0 Å². The van der Waals surface area contributed by atoms with Crippen molar-refractivity contribution in [3.63, 3.8) is 0 Å². The predicted octanol–water partition coefficient (Wildman–Crippen LogP) is 2.83. The second-order valence-electron chi connectivity index (χ2n) is 7.06. The molecule has 1 fully saturated rings. The summed E-state index contributed by atoms with van der Waals surface area (Å²) in [5.74, 6) is 1.48. The molecule has 146 valence electrons. The summed E-state index contributed by atoms with van der Waals surface area (Å²) in [7, 11) is -3.64. The van der Waals surface area contributed by atoms with E-state index in [9.17, 15) is 8.42 Å². The SMILES string of the molecule is Cc1cc(NCCc2ccc(S(N)(=O)=O)cc2)nc(NC2CCCCC2)n1. The highest BCUT2D eigenvalue weighted by Gasteiger charge is 2.14. The normalized spacial score (nSPS) is 15.5. The number of aryl methyl sites for hydroxylation is 1. The largest absolute Gasteiger partial charge is 0.370 e. The zero-order valence-corrected chi connectivity index (χ0v) is 16.4. The number of sulfonamides is 1. The molecule has 0 spiro atoms. The molecule has 1 aliphatic rings. The van der Waals surface area contributed by atoms with E-state index >= 15 is 0 Å². The molecule has 1 saturated carbocycles. The van der Waals surface area contributed by atoms with Crippen molar-refractivity contribution in [1.82, 2.24) is 9.97 Å². The highest BCUT2D eigenvalue weighted by molar-refractivity contribution is 7.89. The lowest BCUT2D eigenvalue weighted by atomic mass is 9.96. The predicted molar refractivity (Wildman–Crippen MR) is 107 cm³/mol. The van der Waals surface area contributed by atoms with Gasteiger partial charge in [-0.15, -0.1) is 0 Å². The molecule has 2 aromatic rings. The molecule has 0 atom stereocenters. The van der Waals surface area contributed by atoms with E-state index in [1.807, 2.05) is 13.0 Å². The highest BCUT2D eigenvalue weighted by atomic mass is 32.2. The van der Waals surface area contributed by atoms with Crippen molar-refractivity contribution in [2.24, 2.45) is 5.14 Å². The fourth-order valence-corrected chi connectivity index (χ4v) is 3.85. The van der Waals surface area contributed by atoms with Gasteiger partial charge in [0.25, 0.3) is 0 Å². The number of benzene rings is 1. The van der Waals surface area contributed by atoms with E-state index in [1.54, 1.807) is 12.1 Å². The third kappa shape index (κ3) is 5.90. The van der Waals surface area contributed by atoms with Gasteiger partial charge in [-0.05, 0) is 43.9 Å². The molecule has 0 radical (unpaired) electrons. The number of hydrogen-bond acceptors (Lipinski definition) is 6. The summed E-state index contributed by atoms with van der Waals surface area (Å²) in [5.41, 5.74) is 1.95. The average molecular weight is 390 g/mol. The number of nitrogens with two attached hydrogens (primary N) is 1. The van der Waals surface area contributed by atoms with Gasteiger partial charge in [-0.2, -0.15) is 4.98 Å². The van der Waals surface area contributed by atoms with Crippen LogP contribution in [-0.2, 0) is 16.4 Å². The number of hydrogen-bond donors (Lipinski definition) is 3. The van der Waals surface area contributed by atoms with Crippen LogP contribution < -0.4 is 15.8 Å². The van der Waals surface area contributed by atoms with Gasteiger partial charge < -0.3 is 10.6 Å². The molecule has 0 bridgehead atoms. The first-order chi connectivity index (χ1) is 12.9. The van der Waals surface area contributed by atoms with Crippen molar-refractivity contribution in [3.8, 4) is 0 Å². The quantitative estimate of drug-likeness (QED) is 0.672. The zero-order valence-electron chi connectivity index (χ0n) is 15.6. The zero-order chi connectivity index (χ0) is 19.3. The first-order valence-electron chi connectivity index (χ1n) is 9.38. The standard InChI is InChI=1S/C19H27N5O2S/c1-14-13-18(24-19(22-14)23-16-5-3-2-4-6-16)21-12-11-15-7-9-17(10-8-15)27(20,25)26/h7-10,13,16H,2-6,11-12H2,1H3,(H2,20,25,26)(H2,21,22,23,24). The topological polar surface area (TPSA) is 110 Å². The van der Waals surface area contributed by atoms with Crippen LogP contribution in [0.25, 0.3) is 0 Å². The van der Waals surface area contributed by atoms with Crippen LogP contribution in [0.2, 0.25) is 0 Å². The Labute approximate surface area is 160 Å². The Morgan fingerprint density at radius 1 is 1.11 bits per heavy atom. The molecule has 27 heavy (non-hydrogen) atoms. The lowest BCUT2D eigenvalue weighted by Gasteiger charge is -2.23. The van der Waals surface area contributed by atoms with Crippen molar-refractivity contribution in [2.45, 2.75) is 56.4 Å². The van der Waals surface area contributed by atoms with E-state index < -0.39 is 10.0 Å². The Balaban J connectivity index is 1.56. The van der Waals surface area contributed by atoms with E-state index in [0.717, 1.165) is 23.5 Å². The van der Waals surface area contributed by atoms with E-state index in [1.165, 1.54) is 44.2 Å². The van der Waals surface area contributed by atoms with Gasteiger partial charge in [0.15, 0.2) is 0 Å². The second kappa shape index (κ2) is 8.67. The maximum atomic E-state index is 11.3. The molecule has 1 aromatic heterocycles. The van der Waals surface area contributed by atoms with E-state index in [0.29, 0.717) is 18.5 Å². The Bertz CT molecular complexity index is 862. The van der Waals surface area contributed by atoms with Crippen molar-refractivity contribution < 1.29 is 8.42 Å². The van der Waals surface area contributed by atoms with Gasteiger partial charge in [0, 0.05) is 24.3 Å². The minimum Gasteiger partial charge on any atom is -0.370 e. The number of aromatic nitrogens is 2. The van der Waals surface area contributed by atoms with E-state index in [4.69, 9.17) is 5.14 Å². The van der Waals surface area contributed by atoms with Gasteiger partial charge >= 0.3 is 0 Å². The number of nitrogens with one attached hydrogen (secondary N) is 2. The second-order valence-corrected chi connectivity index (χ2v) is 8.62. The summed E-state index contributed by atoms with van der Waals surface area (Å²) in [6, 6.07) is 9.02. The fraction of sp³-hybridized carbons (Fsp3) is 0.474. The molecule has 8 heteroatoms. The van der Waals surface area contributed by atoms with Crippen LogP contribution in [0.15, 0.2) is 35.2 Å². The van der Waals surface area contributed by atoms with Gasteiger partial charge in [-0.25, -0.2) is 18.5 Å². The van der Waals surface area contributed by atoms with Gasteiger partial charge in [-0.3, -0.25) is 0 Å². The molecule has 1 aliphatic carbocycles. The lowest BCUT2D eigenvalue weighted by molar-refractivity contribution is 0.461. The third-order valence-electron chi connectivity index (χ3n) is 4.76. The summed E-state index contributed by atoms with van der Waals surface area (Å²) in [6.45, 7) is 2.65. The first-order valence-corrected chi connectivity index (χ1v) is 10.9. The van der Waals surface area contributed by atoms with Crippen molar-refractivity contribution in [1.29, 1.82) is 0 Å². The fourth-order valence-electron chi connectivity index (χ4n) is 3.33. The van der Waals surface area contributed by atoms with Gasteiger partial charge in [-0.1, -0.05) is 31.4 Å². The summed E-state index contributed by atoms with van der Waals surface area (Å²) in [4.78, 5) is 9.20. The summed E-state index contributed by atoms with van der Waals surface area (Å²) >= 11 is 0. The summed E-state index contributed by atoms with van der Waals surface area (Å²) in [6.07, 6.45) is 6.94. The van der Waals surface area contributed by atoms with Crippen LogP contribution in [-0.4, -0.2) is 31.0 Å². The molecular weight excluding hydrogens is 362 g/mol. The minimum absolute atomic E-state index is 0.129. The van der Waals surface area contributed by atoms with Crippen molar-refractivity contribution >= 4 is 21.8 Å². The van der Waals surface area contributed by atoms with Crippen molar-refractivity contribution in [3.05, 3.63) is 41.6 Å². The van der Waals surface area contributed by atoms with Crippen LogP contribution in [0.5, 0.6) is 0 Å². The number of nitrogens with zero attached hydrogens (tertiary/aromatic N) is 2. The Morgan fingerprint density at radius 2 is 1.81 bits per heavy atom. The van der Waals surface area contributed by atoms with Gasteiger partial charge in [0.05, 0.1) is 4.90 Å². The number of anilines is 2. The smallest absolute Gasteiger partial charge is 0.238 e.